The maximum atomic E-state index is 12.1. The van der Waals surface area contributed by atoms with E-state index in [0.717, 1.165) is 5.56 Å². The molecule has 0 heterocycles. The molecule has 0 bridgehead atoms. The number of Topliss-reactive ketones (excluding diaryl/α,β-unsaturated/α-hetero) is 1. The molecule has 6 nitrogen and oxygen atoms in total. The predicted octanol–water partition coefficient (Wildman–Crippen LogP) is 3.88. The van der Waals surface area contributed by atoms with Crippen molar-refractivity contribution in [1.82, 2.24) is 0 Å². The number of hydrogen-bond acceptors (Lipinski definition) is 5. The fraction of sp³-hybridized carbons (Fsp3) is 0.318. The van der Waals surface area contributed by atoms with Crippen LogP contribution >= 0.6 is 0 Å². The molecule has 0 saturated heterocycles. The smallest absolute Gasteiger partial charge is 0.344 e. The molecule has 6 heteroatoms. The maximum Gasteiger partial charge on any atom is 0.344 e. The van der Waals surface area contributed by atoms with Crippen LogP contribution in [-0.4, -0.2) is 30.9 Å². The fourth-order valence-corrected chi connectivity index (χ4v) is 2.74. The van der Waals surface area contributed by atoms with Gasteiger partial charge in [-0.3, -0.25) is 9.59 Å². The van der Waals surface area contributed by atoms with Gasteiger partial charge in [0.1, 0.15) is 5.75 Å². The number of benzene rings is 2. The van der Waals surface area contributed by atoms with Gasteiger partial charge in [0, 0.05) is 18.2 Å². The fourth-order valence-electron chi connectivity index (χ4n) is 2.74. The highest BCUT2D eigenvalue weighted by Gasteiger charge is 2.12. The van der Waals surface area contributed by atoms with E-state index in [1.165, 1.54) is 12.5 Å². The van der Waals surface area contributed by atoms with Crippen molar-refractivity contribution >= 4 is 23.3 Å². The lowest BCUT2D eigenvalue weighted by atomic mass is 9.98. The molecular formula is C22H25NO5. The monoisotopic (exact) mass is 383 g/mol. The van der Waals surface area contributed by atoms with Gasteiger partial charge in [-0.25, -0.2) is 4.79 Å². The molecule has 28 heavy (non-hydrogen) atoms. The normalized spacial score (nSPS) is 10.5. The number of rotatable bonds is 8. The van der Waals surface area contributed by atoms with Crippen molar-refractivity contribution in [3.05, 3.63) is 59.2 Å². The van der Waals surface area contributed by atoms with Crippen molar-refractivity contribution in [2.24, 2.45) is 0 Å². The van der Waals surface area contributed by atoms with E-state index in [1.807, 2.05) is 25.1 Å². The number of ketones is 1. The molecule has 1 amide bonds. The summed E-state index contributed by atoms with van der Waals surface area (Å²) in [4.78, 5) is 34.9. The molecule has 0 atom stereocenters. The molecule has 2 rings (SSSR count). The van der Waals surface area contributed by atoms with Crippen LogP contribution in [0.1, 0.15) is 48.2 Å². The molecule has 2 aromatic rings. The zero-order chi connectivity index (χ0) is 20.7. The van der Waals surface area contributed by atoms with Crippen LogP contribution in [0.5, 0.6) is 5.75 Å². The van der Waals surface area contributed by atoms with Gasteiger partial charge in [-0.05, 0) is 60.4 Å². The van der Waals surface area contributed by atoms with Crippen LogP contribution in [0.2, 0.25) is 0 Å². The Morgan fingerprint density at radius 1 is 1.00 bits per heavy atom. The molecule has 2 aromatic carbocycles. The van der Waals surface area contributed by atoms with E-state index in [-0.39, 0.29) is 24.9 Å². The highest BCUT2D eigenvalue weighted by atomic mass is 16.6. The Hall–Kier alpha value is -3.15. The molecule has 1 N–H and O–H groups in total. The Morgan fingerprint density at radius 2 is 1.68 bits per heavy atom. The second kappa shape index (κ2) is 9.69. The number of aryl methyl sites for hydroxylation is 1. The van der Waals surface area contributed by atoms with Crippen LogP contribution in [0.25, 0.3) is 0 Å². The van der Waals surface area contributed by atoms with Gasteiger partial charge in [-0.1, -0.05) is 19.9 Å². The van der Waals surface area contributed by atoms with Gasteiger partial charge in [0.05, 0.1) is 0 Å². The molecule has 0 aliphatic heterocycles. The summed E-state index contributed by atoms with van der Waals surface area (Å²) in [5.41, 5.74) is 3.31. The lowest BCUT2D eigenvalue weighted by Crippen LogP contribution is -2.19. The van der Waals surface area contributed by atoms with Crippen molar-refractivity contribution in [1.29, 1.82) is 0 Å². The molecule has 0 aliphatic rings. The van der Waals surface area contributed by atoms with Crippen LogP contribution in [-0.2, 0) is 14.3 Å². The molecule has 0 aromatic heterocycles. The lowest BCUT2D eigenvalue weighted by Gasteiger charge is -2.12. The van der Waals surface area contributed by atoms with E-state index in [9.17, 15) is 14.4 Å². The first-order valence-corrected chi connectivity index (χ1v) is 9.06. The summed E-state index contributed by atoms with van der Waals surface area (Å²) < 4.78 is 10.4. The standard InChI is InChI=1S/C22H25NO5/c1-14(2)20-10-9-19(11-15(20)3)27-13-22(26)28-12-21(25)17-5-7-18(8-6-17)23-16(4)24/h5-11,14H,12-13H2,1-4H3,(H,23,24). The summed E-state index contributed by atoms with van der Waals surface area (Å²) in [5, 5.41) is 2.61. The summed E-state index contributed by atoms with van der Waals surface area (Å²) in [6.45, 7) is 6.99. The summed E-state index contributed by atoms with van der Waals surface area (Å²) in [6.07, 6.45) is 0. The molecule has 148 valence electrons. The van der Waals surface area contributed by atoms with Crippen LogP contribution < -0.4 is 10.1 Å². The molecule has 0 spiro atoms. The highest BCUT2D eigenvalue weighted by Crippen LogP contribution is 2.23. The summed E-state index contributed by atoms with van der Waals surface area (Å²) in [5.74, 6) is -0.147. The second-order valence-corrected chi connectivity index (χ2v) is 6.80. The Balaban J connectivity index is 1.81. The zero-order valence-electron chi connectivity index (χ0n) is 16.6. The summed E-state index contributed by atoms with van der Waals surface area (Å²) >= 11 is 0. The van der Waals surface area contributed by atoms with E-state index < -0.39 is 5.97 Å². The number of amides is 1. The average molecular weight is 383 g/mol. The van der Waals surface area contributed by atoms with Gasteiger partial charge in [0.25, 0.3) is 0 Å². The number of ether oxygens (including phenoxy) is 2. The van der Waals surface area contributed by atoms with Gasteiger partial charge in [-0.15, -0.1) is 0 Å². The van der Waals surface area contributed by atoms with Crippen molar-refractivity contribution in [2.75, 3.05) is 18.5 Å². The van der Waals surface area contributed by atoms with Crippen molar-refractivity contribution in [3.63, 3.8) is 0 Å². The Morgan fingerprint density at radius 3 is 2.25 bits per heavy atom. The lowest BCUT2D eigenvalue weighted by molar-refractivity contribution is -0.144. The number of esters is 1. The van der Waals surface area contributed by atoms with Crippen LogP contribution in [0.4, 0.5) is 5.69 Å². The van der Waals surface area contributed by atoms with E-state index >= 15 is 0 Å². The molecule has 0 radical (unpaired) electrons. The van der Waals surface area contributed by atoms with Gasteiger partial charge >= 0.3 is 5.97 Å². The molecule has 0 aliphatic carbocycles. The number of carbonyl (C=O) groups excluding carboxylic acids is 3. The van der Waals surface area contributed by atoms with Crippen molar-refractivity contribution < 1.29 is 23.9 Å². The van der Waals surface area contributed by atoms with E-state index in [4.69, 9.17) is 9.47 Å². The first kappa shape index (κ1) is 21.2. The minimum Gasteiger partial charge on any atom is -0.482 e. The number of hydrogen-bond donors (Lipinski definition) is 1. The Labute approximate surface area is 164 Å². The van der Waals surface area contributed by atoms with Crippen LogP contribution in [0.3, 0.4) is 0 Å². The highest BCUT2D eigenvalue weighted by molar-refractivity contribution is 5.98. The molecule has 0 unspecified atom stereocenters. The van der Waals surface area contributed by atoms with Crippen LogP contribution in [0, 0.1) is 6.92 Å². The molecular weight excluding hydrogens is 358 g/mol. The number of nitrogens with one attached hydrogen (secondary N) is 1. The third-order valence-electron chi connectivity index (χ3n) is 4.11. The Bertz CT molecular complexity index is 856. The average Bonchev–Trinajstić information content (AvgIpc) is 2.64. The molecule has 0 fully saturated rings. The minimum absolute atomic E-state index is 0.193. The summed E-state index contributed by atoms with van der Waals surface area (Å²) in [6, 6.07) is 12.0. The first-order valence-electron chi connectivity index (χ1n) is 9.06. The quantitative estimate of drug-likeness (QED) is 0.553. The topological polar surface area (TPSA) is 81.7 Å². The predicted molar refractivity (Wildman–Crippen MR) is 107 cm³/mol. The summed E-state index contributed by atoms with van der Waals surface area (Å²) in [7, 11) is 0. The minimum atomic E-state index is -0.617. The number of carbonyl (C=O) groups is 3. The third kappa shape index (κ3) is 6.23. The third-order valence-corrected chi connectivity index (χ3v) is 4.11. The van der Waals surface area contributed by atoms with Gasteiger partial charge in [0.2, 0.25) is 5.91 Å². The van der Waals surface area contributed by atoms with Crippen molar-refractivity contribution in [3.8, 4) is 5.75 Å². The maximum absolute atomic E-state index is 12.1. The van der Waals surface area contributed by atoms with Crippen molar-refractivity contribution in [2.45, 2.75) is 33.6 Å². The van der Waals surface area contributed by atoms with Gasteiger partial charge < -0.3 is 14.8 Å². The molecule has 0 saturated carbocycles. The van der Waals surface area contributed by atoms with E-state index in [0.29, 0.717) is 22.9 Å². The number of anilines is 1. The SMILES string of the molecule is CC(=O)Nc1ccc(C(=O)COC(=O)COc2ccc(C(C)C)c(C)c2)cc1. The van der Waals surface area contributed by atoms with E-state index in [1.54, 1.807) is 24.3 Å². The largest absolute Gasteiger partial charge is 0.482 e. The van der Waals surface area contributed by atoms with E-state index in [2.05, 4.69) is 19.2 Å². The van der Waals surface area contributed by atoms with Gasteiger partial charge in [0.15, 0.2) is 19.0 Å². The first-order chi connectivity index (χ1) is 13.3. The van der Waals surface area contributed by atoms with Gasteiger partial charge in [-0.2, -0.15) is 0 Å². The second-order valence-electron chi connectivity index (χ2n) is 6.80. The Kier molecular flexibility index (Phi) is 7.32. The zero-order valence-corrected chi connectivity index (χ0v) is 16.6. The van der Waals surface area contributed by atoms with Crippen LogP contribution in [0.15, 0.2) is 42.5 Å².